The lowest BCUT2D eigenvalue weighted by Gasteiger charge is -2.12. The number of aryl methyl sites for hydroxylation is 1. The smallest absolute Gasteiger partial charge is 0.161 e. The van der Waals surface area contributed by atoms with Crippen LogP contribution in [0.3, 0.4) is 0 Å². The molecule has 0 aliphatic heterocycles. The molecule has 1 aromatic rings. The number of benzene rings is 1. The molecule has 1 N–H and O–H groups in total. The Morgan fingerprint density at radius 2 is 2.11 bits per heavy atom. The van der Waals surface area contributed by atoms with Gasteiger partial charge in [0.1, 0.15) is 6.61 Å². The number of rotatable bonds is 8. The number of nitrogens with one attached hydrogen (secondary N) is 1. The molecule has 0 saturated carbocycles. The first-order valence-electron chi connectivity index (χ1n) is 6.32. The maximum absolute atomic E-state index is 5.71. The Bertz CT molecular complexity index is 388. The zero-order valence-electron chi connectivity index (χ0n) is 11.6. The van der Waals surface area contributed by atoms with Crippen LogP contribution in [-0.4, -0.2) is 26.8 Å². The van der Waals surface area contributed by atoms with Crippen molar-refractivity contribution in [2.24, 2.45) is 0 Å². The van der Waals surface area contributed by atoms with Crippen LogP contribution in [0.25, 0.3) is 0 Å². The molecule has 0 radical (unpaired) electrons. The summed E-state index contributed by atoms with van der Waals surface area (Å²) < 4.78 is 11.0. The maximum Gasteiger partial charge on any atom is 0.161 e. The molecule has 0 fully saturated rings. The van der Waals surface area contributed by atoms with E-state index in [1.165, 1.54) is 0 Å². The average molecular weight is 249 g/mol. The number of methoxy groups -OCH3 is 1. The van der Waals surface area contributed by atoms with Crippen molar-refractivity contribution in [1.82, 2.24) is 5.32 Å². The van der Waals surface area contributed by atoms with E-state index in [2.05, 4.69) is 18.8 Å². The van der Waals surface area contributed by atoms with Crippen LogP contribution in [0.2, 0.25) is 0 Å². The molecule has 1 aromatic carbocycles. The Hall–Kier alpha value is -1.48. The summed E-state index contributed by atoms with van der Waals surface area (Å²) in [5.41, 5.74) is 2.19. The molecule has 0 bridgehead atoms. The van der Waals surface area contributed by atoms with Crippen molar-refractivity contribution in [2.75, 3.05) is 26.8 Å². The molecule has 100 valence electrons. The van der Waals surface area contributed by atoms with E-state index in [0.717, 1.165) is 42.1 Å². The third kappa shape index (κ3) is 4.80. The van der Waals surface area contributed by atoms with Gasteiger partial charge in [-0.3, -0.25) is 0 Å². The third-order valence-corrected chi connectivity index (χ3v) is 2.55. The highest BCUT2D eigenvalue weighted by Crippen LogP contribution is 2.27. The second kappa shape index (κ2) is 7.77. The zero-order chi connectivity index (χ0) is 13.4. The van der Waals surface area contributed by atoms with Gasteiger partial charge in [-0.2, -0.15) is 0 Å². The first-order chi connectivity index (χ1) is 8.67. The van der Waals surface area contributed by atoms with Gasteiger partial charge in [-0.1, -0.05) is 19.6 Å². The van der Waals surface area contributed by atoms with Gasteiger partial charge < -0.3 is 14.8 Å². The van der Waals surface area contributed by atoms with Crippen LogP contribution in [0.4, 0.5) is 0 Å². The monoisotopic (exact) mass is 249 g/mol. The van der Waals surface area contributed by atoms with Gasteiger partial charge in [0.05, 0.1) is 7.11 Å². The number of hydrogen-bond acceptors (Lipinski definition) is 3. The number of ether oxygens (including phenoxy) is 2. The summed E-state index contributed by atoms with van der Waals surface area (Å²) in [7, 11) is 1.65. The van der Waals surface area contributed by atoms with Crippen LogP contribution in [0.5, 0.6) is 11.5 Å². The lowest BCUT2D eigenvalue weighted by molar-refractivity contribution is 0.317. The van der Waals surface area contributed by atoms with E-state index in [1.54, 1.807) is 7.11 Å². The van der Waals surface area contributed by atoms with E-state index < -0.39 is 0 Å². The van der Waals surface area contributed by atoms with Gasteiger partial charge in [0, 0.05) is 6.54 Å². The summed E-state index contributed by atoms with van der Waals surface area (Å²) in [4.78, 5) is 0. The van der Waals surface area contributed by atoms with E-state index >= 15 is 0 Å². The van der Waals surface area contributed by atoms with Crippen LogP contribution < -0.4 is 14.8 Å². The molecule has 3 heteroatoms. The molecule has 0 heterocycles. The van der Waals surface area contributed by atoms with Crippen molar-refractivity contribution in [1.29, 1.82) is 0 Å². The summed E-state index contributed by atoms with van der Waals surface area (Å²) in [6, 6.07) is 5.91. The van der Waals surface area contributed by atoms with Gasteiger partial charge in [-0.05, 0) is 43.2 Å². The minimum absolute atomic E-state index is 0.510. The van der Waals surface area contributed by atoms with Crippen LogP contribution in [0.15, 0.2) is 30.4 Å². The fourth-order valence-corrected chi connectivity index (χ4v) is 1.57. The fourth-order valence-electron chi connectivity index (χ4n) is 1.57. The largest absolute Gasteiger partial charge is 0.493 e. The van der Waals surface area contributed by atoms with Crippen LogP contribution >= 0.6 is 0 Å². The van der Waals surface area contributed by atoms with Gasteiger partial charge in [-0.15, -0.1) is 0 Å². The van der Waals surface area contributed by atoms with Crippen molar-refractivity contribution < 1.29 is 9.47 Å². The first kappa shape index (κ1) is 14.6. The molecule has 18 heavy (non-hydrogen) atoms. The normalized spacial score (nSPS) is 10.2. The molecule has 0 atom stereocenters. The van der Waals surface area contributed by atoms with Crippen LogP contribution in [0.1, 0.15) is 18.9 Å². The quantitative estimate of drug-likeness (QED) is 0.567. The Morgan fingerprint density at radius 3 is 2.78 bits per heavy atom. The van der Waals surface area contributed by atoms with Gasteiger partial charge in [0.15, 0.2) is 11.5 Å². The zero-order valence-corrected chi connectivity index (χ0v) is 11.6. The van der Waals surface area contributed by atoms with Crippen LogP contribution in [0, 0.1) is 6.92 Å². The molecule has 0 aromatic heterocycles. The Labute approximate surface area is 110 Å². The van der Waals surface area contributed by atoms with Gasteiger partial charge in [0.25, 0.3) is 0 Å². The molecular formula is C15H23NO2. The van der Waals surface area contributed by atoms with Crippen molar-refractivity contribution in [3.63, 3.8) is 0 Å². The molecule has 0 unspecified atom stereocenters. The molecule has 0 aliphatic rings. The highest BCUT2D eigenvalue weighted by Gasteiger charge is 2.04. The summed E-state index contributed by atoms with van der Waals surface area (Å²) in [5.74, 6) is 1.53. The standard InChI is InChI=1S/C15H23NO2/c1-5-8-16-10-13(3)11-18-14-7-6-12(2)9-15(14)17-4/h6-7,9,16H,3,5,8,10-11H2,1-2,4H3. The second-order valence-corrected chi connectivity index (χ2v) is 4.37. The van der Waals surface area contributed by atoms with Crippen LogP contribution in [-0.2, 0) is 0 Å². The lowest BCUT2D eigenvalue weighted by Crippen LogP contribution is -2.20. The van der Waals surface area contributed by atoms with Gasteiger partial charge >= 0.3 is 0 Å². The molecule has 0 aliphatic carbocycles. The summed E-state index contributed by atoms with van der Waals surface area (Å²) >= 11 is 0. The van der Waals surface area contributed by atoms with E-state index in [0.29, 0.717) is 6.61 Å². The molecule has 0 spiro atoms. The van der Waals surface area contributed by atoms with Gasteiger partial charge in [-0.25, -0.2) is 0 Å². The highest BCUT2D eigenvalue weighted by molar-refractivity contribution is 5.42. The van der Waals surface area contributed by atoms with E-state index in [9.17, 15) is 0 Å². The SMILES string of the molecule is C=C(CNCCC)COc1ccc(C)cc1OC. The molecule has 0 amide bonds. The molecular weight excluding hydrogens is 226 g/mol. The minimum atomic E-state index is 0.510. The summed E-state index contributed by atoms with van der Waals surface area (Å²) in [6.45, 7) is 10.5. The molecule has 3 nitrogen and oxygen atoms in total. The van der Waals surface area contributed by atoms with Crippen molar-refractivity contribution in [3.05, 3.63) is 35.9 Å². The molecule has 1 rings (SSSR count). The number of hydrogen-bond donors (Lipinski definition) is 1. The first-order valence-corrected chi connectivity index (χ1v) is 6.32. The average Bonchev–Trinajstić information content (AvgIpc) is 2.37. The van der Waals surface area contributed by atoms with Crippen molar-refractivity contribution in [2.45, 2.75) is 20.3 Å². The van der Waals surface area contributed by atoms with E-state index in [1.807, 2.05) is 25.1 Å². The lowest BCUT2D eigenvalue weighted by atomic mass is 10.2. The topological polar surface area (TPSA) is 30.5 Å². The Balaban J connectivity index is 2.45. The second-order valence-electron chi connectivity index (χ2n) is 4.37. The van der Waals surface area contributed by atoms with Gasteiger partial charge in [0.2, 0.25) is 0 Å². The highest BCUT2D eigenvalue weighted by atomic mass is 16.5. The predicted octanol–water partition coefficient (Wildman–Crippen LogP) is 2.94. The molecule has 0 saturated heterocycles. The summed E-state index contributed by atoms with van der Waals surface area (Å²) in [6.07, 6.45) is 1.12. The Kier molecular flexibility index (Phi) is 6.29. The summed E-state index contributed by atoms with van der Waals surface area (Å²) in [5, 5.41) is 3.30. The fraction of sp³-hybridized carbons (Fsp3) is 0.467. The van der Waals surface area contributed by atoms with Crippen molar-refractivity contribution in [3.8, 4) is 11.5 Å². The Morgan fingerprint density at radius 1 is 1.33 bits per heavy atom. The van der Waals surface area contributed by atoms with E-state index in [-0.39, 0.29) is 0 Å². The minimum Gasteiger partial charge on any atom is -0.493 e. The third-order valence-electron chi connectivity index (χ3n) is 2.55. The van der Waals surface area contributed by atoms with E-state index in [4.69, 9.17) is 9.47 Å². The predicted molar refractivity (Wildman–Crippen MR) is 75.5 cm³/mol. The maximum atomic E-state index is 5.71. The van der Waals surface area contributed by atoms with Crippen molar-refractivity contribution >= 4 is 0 Å².